The first kappa shape index (κ1) is 18.3. The largest absolute Gasteiger partial charge is 0.374 e. The van der Waals surface area contributed by atoms with Gasteiger partial charge in [0, 0.05) is 11.2 Å². The van der Waals surface area contributed by atoms with Gasteiger partial charge in [0.15, 0.2) is 0 Å². The van der Waals surface area contributed by atoms with E-state index in [1.165, 1.54) is 24.8 Å². The predicted octanol–water partition coefficient (Wildman–Crippen LogP) is 3.90. The molecular formula is C22H31N3O2. The lowest BCUT2D eigenvalue weighted by Crippen LogP contribution is -2.62. The van der Waals surface area contributed by atoms with Crippen LogP contribution in [0.25, 0.3) is 0 Å². The summed E-state index contributed by atoms with van der Waals surface area (Å²) in [5.74, 6) is 1.99. The molecule has 5 heteroatoms. The van der Waals surface area contributed by atoms with E-state index in [4.69, 9.17) is 0 Å². The minimum atomic E-state index is -0.479. The molecule has 4 aliphatic rings. The van der Waals surface area contributed by atoms with Crippen LogP contribution in [0.3, 0.4) is 0 Å². The molecular weight excluding hydrogens is 338 g/mol. The van der Waals surface area contributed by atoms with Gasteiger partial charge in [0.2, 0.25) is 5.91 Å². The summed E-state index contributed by atoms with van der Waals surface area (Å²) in [5, 5.41) is 8.98. The molecule has 0 aromatic heterocycles. The Morgan fingerprint density at radius 2 is 1.63 bits per heavy atom. The van der Waals surface area contributed by atoms with E-state index in [1.54, 1.807) is 6.92 Å². The van der Waals surface area contributed by atoms with Gasteiger partial charge in [-0.3, -0.25) is 10.1 Å². The molecule has 1 aromatic rings. The second kappa shape index (κ2) is 6.84. The lowest BCUT2D eigenvalue weighted by molar-refractivity contribution is -0.120. The highest BCUT2D eigenvalue weighted by atomic mass is 16.2. The number of benzene rings is 1. The van der Waals surface area contributed by atoms with Gasteiger partial charge in [-0.05, 0) is 94.2 Å². The van der Waals surface area contributed by atoms with Crippen LogP contribution in [0.4, 0.5) is 10.5 Å². The SMILES string of the molecule is Cc1cccc(N[C@H](C)C(=O)NC(=O)NC23CC4CC(CC(C4)C2)C3)c1C. The van der Waals surface area contributed by atoms with Crippen molar-refractivity contribution in [1.82, 2.24) is 10.6 Å². The summed E-state index contributed by atoms with van der Waals surface area (Å²) in [5.41, 5.74) is 3.14. The normalized spacial score (nSPS) is 32.0. The number of anilines is 1. The monoisotopic (exact) mass is 369 g/mol. The average molecular weight is 370 g/mol. The first-order chi connectivity index (χ1) is 12.8. The van der Waals surface area contributed by atoms with Crippen molar-refractivity contribution in [2.75, 3.05) is 5.32 Å². The predicted molar refractivity (Wildman–Crippen MR) is 107 cm³/mol. The molecule has 0 spiro atoms. The number of carbonyl (C=O) groups is 2. The van der Waals surface area contributed by atoms with Crippen LogP contribution >= 0.6 is 0 Å². The van der Waals surface area contributed by atoms with Gasteiger partial charge in [0.05, 0.1) is 0 Å². The van der Waals surface area contributed by atoms with Crippen LogP contribution in [0.2, 0.25) is 0 Å². The summed E-state index contributed by atoms with van der Waals surface area (Å²) < 4.78 is 0. The van der Waals surface area contributed by atoms with E-state index in [9.17, 15) is 9.59 Å². The van der Waals surface area contributed by atoms with Crippen molar-refractivity contribution in [3.05, 3.63) is 29.3 Å². The fourth-order valence-electron chi connectivity index (χ4n) is 5.96. The van der Waals surface area contributed by atoms with Gasteiger partial charge in [-0.1, -0.05) is 12.1 Å². The molecule has 4 fully saturated rings. The third kappa shape index (κ3) is 3.69. The van der Waals surface area contributed by atoms with Crippen molar-refractivity contribution in [3.63, 3.8) is 0 Å². The van der Waals surface area contributed by atoms with Crippen LogP contribution in [-0.4, -0.2) is 23.5 Å². The maximum absolute atomic E-state index is 12.5. The average Bonchev–Trinajstić information content (AvgIpc) is 2.57. The molecule has 5 rings (SSSR count). The topological polar surface area (TPSA) is 70.2 Å². The minimum Gasteiger partial charge on any atom is -0.374 e. The van der Waals surface area contributed by atoms with Gasteiger partial charge in [-0.2, -0.15) is 0 Å². The molecule has 4 aliphatic carbocycles. The number of amides is 3. The summed E-state index contributed by atoms with van der Waals surface area (Å²) in [7, 11) is 0. The van der Waals surface area contributed by atoms with Crippen LogP contribution in [0.1, 0.15) is 56.6 Å². The summed E-state index contributed by atoms with van der Waals surface area (Å²) in [4.78, 5) is 25.1. The lowest BCUT2D eigenvalue weighted by Gasteiger charge is -2.56. The number of hydrogen-bond donors (Lipinski definition) is 3. The van der Waals surface area contributed by atoms with Crippen LogP contribution in [0, 0.1) is 31.6 Å². The van der Waals surface area contributed by atoms with Crippen LogP contribution < -0.4 is 16.0 Å². The van der Waals surface area contributed by atoms with Crippen molar-refractivity contribution < 1.29 is 9.59 Å². The molecule has 146 valence electrons. The third-order valence-electron chi connectivity index (χ3n) is 7.02. The Morgan fingerprint density at radius 1 is 1.04 bits per heavy atom. The molecule has 1 aromatic carbocycles. The molecule has 0 aliphatic heterocycles. The highest BCUT2D eigenvalue weighted by Gasteiger charge is 2.51. The second-order valence-electron chi connectivity index (χ2n) is 9.25. The van der Waals surface area contributed by atoms with Crippen molar-refractivity contribution in [1.29, 1.82) is 0 Å². The van der Waals surface area contributed by atoms with E-state index < -0.39 is 6.04 Å². The van der Waals surface area contributed by atoms with Gasteiger partial charge < -0.3 is 10.6 Å². The zero-order valence-electron chi connectivity index (χ0n) is 16.6. The summed E-state index contributed by atoms with van der Waals surface area (Å²) in [6, 6.07) is 5.16. The Kier molecular flexibility index (Phi) is 4.65. The third-order valence-corrected chi connectivity index (χ3v) is 7.02. The number of rotatable bonds is 4. The van der Waals surface area contributed by atoms with E-state index in [-0.39, 0.29) is 17.5 Å². The number of aryl methyl sites for hydroxylation is 1. The molecule has 1 atom stereocenters. The lowest BCUT2D eigenvalue weighted by atomic mass is 9.53. The van der Waals surface area contributed by atoms with E-state index in [0.717, 1.165) is 48.3 Å². The minimum absolute atomic E-state index is 0.0804. The fourth-order valence-corrected chi connectivity index (χ4v) is 5.96. The van der Waals surface area contributed by atoms with Crippen molar-refractivity contribution >= 4 is 17.6 Å². The molecule has 3 amide bonds. The Labute approximate surface area is 161 Å². The molecule has 3 N–H and O–H groups in total. The van der Waals surface area contributed by atoms with Gasteiger partial charge in [-0.25, -0.2) is 4.79 Å². The quantitative estimate of drug-likeness (QED) is 0.754. The van der Waals surface area contributed by atoms with Crippen molar-refractivity contribution in [2.45, 2.75) is 70.9 Å². The van der Waals surface area contributed by atoms with Crippen LogP contribution in [0.15, 0.2) is 18.2 Å². The van der Waals surface area contributed by atoms with E-state index in [1.807, 2.05) is 32.0 Å². The smallest absolute Gasteiger partial charge is 0.321 e. The maximum Gasteiger partial charge on any atom is 0.321 e. The molecule has 5 nitrogen and oxygen atoms in total. The van der Waals surface area contributed by atoms with Gasteiger partial charge in [-0.15, -0.1) is 0 Å². The molecule has 4 saturated carbocycles. The molecule has 0 unspecified atom stereocenters. The molecule has 27 heavy (non-hydrogen) atoms. The number of nitrogens with one attached hydrogen (secondary N) is 3. The Bertz CT molecular complexity index is 723. The number of urea groups is 1. The van der Waals surface area contributed by atoms with Crippen molar-refractivity contribution in [2.24, 2.45) is 17.8 Å². The summed E-state index contributed by atoms with van der Waals surface area (Å²) >= 11 is 0. The zero-order valence-corrected chi connectivity index (χ0v) is 16.6. The molecule has 0 saturated heterocycles. The number of hydrogen-bond acceptors (Lipinski definition) is 3. The maximum atomic E-state index is 12.5. The van der Waals surface area contributed by atoms with Crippen LogP contribution in [0.5, 0.6) is 0 Å². The number of imide groups is 1. The standard InChI is InChI=1S/C22H31N3O2/c1-13-5-4-6-19(14(13)2)23-15(3)20(26)24-21(27)25-22-10-16-7-17(11-22)9-18(8-16)12-22/h4-6,15-18,23H,7-12H2,1-3H3,(H2,24,25,26,27)/t15-,16?,17?,18?,22?/m1/s1. The highest BCUT2D eigenvalue weighted by Crippen LogP contribution is 2.55. The zero-order chi connectivity index (χ0) is 19.2. The van der Waals surface area contributed by atoms with E-state index >= 15 is 0 Å². The Hall–Kier alpha value is -2.04. The first-order valence-corrected chi connectivity index (χ1v) is 10.3. The summed E-state index contributed by atoms with van der Waals surface area (Å²) in [6.45, 7) is 5.86. The molecule has 4 bridgehead atoms. The second-order valence-corrected chi connectivity index (χ2v) is 9.25. The highest BCUT2D eigenvalue weighted by molar-refractivity contribution is 5.98. The van der Waals surface area contributed by atoms with Gasteiger partial charge in [0.1, 0.15) is 6.04 Å². The number of carbonyl (C=O) groups excluding carboxylic acids is 2. The van der Waals surface area contributed by atoms with E-state index in [0.29, 0.717) is 0 Å². The summed E-state index contributed by atoms with van der Waals surface area (Å²) in [6.07, 6.45) is 7.24. The van der Waals surface area contributed by atoms with E-state index in [2.05, 4.69) is 16.0 Å². The van der Waals surface area contributed by atoms with Gasteiger partial charge in [0.25, 0.3) is 0 Å². The van der Waals surface area contributed by atoms with Crippen LogP contribution in [-0.2, 0) is 4.79 Å². The molecule has 0 radical (unpaired) electrons. The Balaban J connectivity index is 1.34. The Morgan fingerprint density at radius 3 is 2.22 bits per heavy atom. The van der Waals surface area contributed by atoms with Crippen molar-refractivity contribution in [3.8, 4) is 0 Å². The first-order valence-electron chi connectivity index (χ1n) is 10.3. The molecule has 0 heterocycles. The van der Waals surface area contributed by atoms with Gasteiger partial charge >= 0.3 is 6.03 Å². The fraction of sp³-hybridized carbons (Fsp3) is 0.636.